The third kappa shape index (κ3) is 4.49. The van der Waals surface area contributed by atoms with Crippen LogP contribution < -0.4 is 10.6 Å². The molecule has 38 heavy (non-hydrogen) atoms. The first-order valence-electron chi connectivity index (χ1n) is 12.0. The Morgan fingerprint density at radius 1 is 0.895 bits per heavy atom. The summed E-state index contributed by atoms with van der Waals surface area (Å²) in [5.41, 5.74) is -3.01. The van der Waals surface area contributed by atoms with Crippen molar-refractivity contribution in [3.8, 4) is 0 Å². The third-order valence-electron chi connectivity index (χ3n) is 6.78. The zero-order valence-electron chi connectivity index (χ0n) is 20.3. The normalized spacial score (nSPS) is 18.3. The minimum absolute atomic E-state index is 0.0547. The van der Waals surface area contributed by atoms with Crippen molar-refractivity contribution < 1.29 is 27.1 Å². The van der Waals surface area contributed by atoms with E-state index in [-0.39, 0.29) is 34.9 Å². The van der Waals surface area contributed by atoms with E-state index in [9.17, 15) is 27.1 Å². The molecule has 194 valence electrons. The standard InChI is InChI=1S/C30H23F5N2O/c1-28(31,32)27-25(19-9-4-2-5-10-19)26(30(33,34)35)23-17-21(14-15-24(23)37-27)29(38,20-11-6-3-7-12-20)22-13-8-16-36-18-22/h2-9,11-16,18,38H,10,17H2,1H3. The number of allylic oxidation sites excluding steroid dienone is 5. The number of alkyl halides is 5. The van der Waals surface area contributed by atoms with Crippen molar-refractivity contribution in [3.05, 3.63) is 129 Å². The van der Waals surface area contributed by atoms with Gasteiger partial charge in [-0.2, -0.15) is 22.0 Å². The van der Waals surface area contributed by atoms with E-state index in [0.717, 1.165) is 0 Å². The maximum absolute atomic E-state index is 14.8. The van der Waals surface area contributed by atoms with Crippen LogP contribution in [0, 0.1) is 0 Å². The van der Waals surface area contributed by atoms with Gasteiger partial charge in [-0.1, -0.05) is 66.8 Å². The number of aromatic nitrogens is 2. The highest BCUT2D eigenvalue weighted by Crippen LogP contribution is 2.41. The molecule has 1 aromatic carbocycles. The maximum Gasteiger partial charge on any atom is 0.417 e. The second-order valence-electron chi connectivity index (χ2n) is 9.33. The molecule has 1 N–H and O–H groups in total. The SMILES string of the molecule is CC(F)(F)c1nc2c(c(C(F)(F)F)c1=C1C=CC=CC1)CC(C(O)(c1ccccc1)c1cccnc1)=CC=2. The number of halogens is 5. The van der Waals surface area contributed by atoms with Gasteiger partial charge in [-0.3, -0.25) is 4.98 Å². The van der Waals surface area contributed by atoms with Gasteiger partial charge in [0, 0.05) is 30.1 Å². The Morgan fingerprint density at radius 2 is 1.63 bits per heavy atom. The predicted molar refractivity (Wildman–Crippen MR) is 134 cm³/mol. The van der Waals surface area contributed by atoms with E-state index < -0.39 is 34.2 Å². The lowest BCUT2D eigenvalue weighted by Gasteiger charge is -2.34. The Bertz CT molecular complexity index is 1540. The van der Waals surface area contributed by atoms with E-state index in [1.165, 1.54) is 36.7 Å². The highest BCUT2D eigenvalue weighted by molar-refractivity contribution is 5.65. The fourth-order valence-electron chi connectivity index (χ4n) is 5.07. The van der Waals surface area contributed by atoms with E-state index in [0.29, 0.717) is 18.1 Å². The number of rotatable bonds is 4. The van der Waals surface area contributed by atoms with Crippen molar-refractivity contribution in [2.75, 3.05) is 0 Å². The first kappa shape index (κ1) is 25.7. The van der Waals surface area contributed by atoms with E-state index in [2.05, 4.69) is 9.97 Å². The Kier molecular flexibility index (Phi) is 6.39. The van der Waals surface area contributed by atoms with Gasteiger partial charge in [0.2, 0.25) is 0 Å². The molecule has 0 radical (unpaired) electrons. The predicted octanol–water partition coefficient (Wildman–Crippen LogP) is 5.47. The molecule has 3 nitrogen and oxygen atoms in total. The van der Waals surface area contributed by atoms with Crippen LogP contribution in [0.25, 0.3) is 11.6 Å². The van der Waals surface area contributed by atoms with Crippen molar-refractivity contribution in [2.24, 2.45) is 0 Å². The van der Waals surface area contributed by atoms with Crippen LogP contribution in [0.1, 0.15) is 41.3 Å². The molecule has 0 saturated heterocycles. The van der Waals surface area contributed by atoms with Crippen LogP contribution in [0.15, 0.2) is 90.8 Å². The highest BCUT2D eigenvalue weighted by atomic mass is 19.4. The molecule has 2 aliphatic rings. The van der Waals surface area contributed by atoms with Gasteiger partial charge in [0.1, 0.15) is 11.3 Å². The fourth-order valence-corrected chi connectivity index (χ4v) is 5.07. The van der Waals surface area contributed by atoms with Gasteiger partial charge >= 0.3 is 6.18 Å². The molecule has 2 heterocycles. The molecule has 0 aliphatic heterocycles. The minimum atomic E-state index is -4.96. The molecule has 1 atom stereocenters. The number of nitrogens with zero attached hydrogens (tertiary/aromatic N) is 2. The fraction of sp³-hybridized carbons (Fsp3) is 0.200. The van der Waals surface area contributed by atoms with Crippen molar-refractivity contribution >= 4 is 11.6 Å². The Morgan fingerprint density at radius 3 is 2.24 bits per heavy atom. The van der Waals surface area contributed by atoms with Crippen LogP contribution in [0.5, 0.6) is 0 Å². The molecule has 0 amide bonds. The summed E-state index contributed by atoms with van der Waals surface area (Å²) in [7, 11) is 0. The summed E-state index contributed by atoms with van der Waals surface area (Å²) in [5, 5.41) is 11.3. The topological polar surface area (TPSA) is 46.0 Å². The lowest BCUT2D eigenvalue weighted by Crippen LogP contribution is -2.41. The smallest absolute Gasteiger partial charge is 0.376 e. The Labute approximate surface area is 215 Å². The summed E-state index contributed by atoms with van der Waals surface area (Å²) < 4.78 is 73.9. The lowest BCUT2D eigenvalue weighted by molar-refractivity contribution is -0.139. The third-order valence-corrected chi connectivity index (χ3v) is 6.78. The van der Waals surface area contributed by atoms with Gasteiger partial charge in [0.05, 0.1) is 10.9 Å². The van der Waals surface area contributed by atoms with Crippen molar-refractivity contribution in [3.63, 3.8) is 0 Å². The molecule has 0 spiro atoms. The first-order valence-corrected chi connectivity index (χ1v) is 12.0. The molecular weight excluding hydrogens is 499 g/mol. The molecule has 3 aromatic rings. The van der Waals surface area contributed by atoms with Gasteiger partial charge in [-0.05, 0) is 47.3 Å². The summed E-state index contributed by atoms with van der Waals surface area (Å²) in [4.78, 5) is 8.17. The lowest BCUT2D eigenvalue weighted by atomic mass is 9.76. The molecule has 0 saturated carbocycles. The van der Waals surface area contributed by atoms with E-state index in [1.807, 2.05) is 0 Å². The molecule has 5 rings (SSSR count). The highest BCUT2D eigenvalue weighted by Gasteiger charge is 2.43. The first-order chi connectivity index (χ1) is 18.0. The molecule has 1 unspecified atom stereocenters. The van der Waals surface area contributed by atoms with Crippen LogP contribution in [0.3, 0.4) is 0 Å². The largest absolute Gasteiger partial charge is 0.417 e. The maximum atomic E-state index is 14.8. The van der Waals surface area contributed by atoms with Gasteiger partial charge in [0.25, 0.3) is 5.92 Å². The quantitative estimate of drug-likeness (QED) is 0.462. The second kappa shape index (κ2) is 9.44. The summed E-state index contributed by atoms with van der Waals surface area (Å²) >= 11 is 0. The average molecular weight is 523 g/mol. The van der Waals surface area contributed by atoms with Crippen LogP contribution >= 0.6 is 0 Å². The number of benzene rings is 1. The number of hydrogen-bond acceptors (Lipinski definition) is 3. The molecule has 0 bridgehead atoms. The van der Waals surface area contributed by atoms with Gasteiger partial charge in [-0.15, -0.1) is 0 Å². The average Bonchev–Trinajstić information content (AvgIpc) is 2.91. The van der Waals surface area contributed by atoms with E-state index >= 15 is 0 Å². The zero-order chi connectivity index (χ0) is 27.1. The van der Waals surface area contributed by atoms with Gasteiger partial charge in [-0.25, -0.2) is 4.98 Å². The Balaban J connectivity index is 1.83. The number of hydrogen-bond donors (Lipinski definition) is 1. The van der Waals surface area contributed by atoms with Crippen LogP contribution in [-0.4, -0.2) is 15.1 Å². The van der Waals surface area contributed by atoms with Crippen LogP contribution in [0.4, 0.5) is 22.0 Å². The monoisotopic (exact) mass is 522 g/mol. The molecule has 0 fully saturated rings. The molecule has 8 heteroatoms. The molecule has 2 aliphatic carbocycles. The van der Waals surface area contributed by atoms with Crippen molar-refractivity contribution in [1.82, 2.24) is 9.97 Å². The van der Waals surface area contributed by atoms with E-state index in [1.54, 1.807) is 54.6 Å². The van der Waals surface area contributed by atoms with Crippen LogP contribution in [0.2, 0.25) is 0 Å². The summed E-state index contributed by atoms with van der Waals surface area (Å²) in [5.74, 6) is -3.62. The molecular formula is C30H23F5N2O. The van der Waals surface area contributed by atoms with E-state index in [4.69, 9.17) is 0 Å². The minimum Gasteiger partial charge on any atom is -0.376 e. The number of fused-ring (bicyclic) bond motifs is 1. The Hall–Kier alpha value is -3.91. The van der Waals surface area contributed by atoms with Gasteiger partial charge in [0.15, 0.2) is 0 Å². The second-order valence-corrected chi connectivity index (χ2v) is 9.33. The molecule has 2 aromatic heterocycles. The van der Waals surface area contributed by atoms with Gasteiger partial charge < -0.3 is 5.11 Å². The van der Waals surface area contributed by atoms with Crippen molar-refractivity contribution in [1.29, 1.82) is 0 Å². The number of aliphatic hydroxyl groups is 1. The summed E-state index contributed by atoms with van der Waals surface area (Å²) in [6.07, 6.45) is 6.64. The zero-order valence-corrected chi connectivity index (χ0v) is 20.3. The van der Waals surface area contributed by atoms with Crippen LogP contribution in [-0.2, 0) is 24.1 Å². The summed E-state index contributed by atoms with van der Waals surface area (Å²) in [6.45, 7) is 0.551. The summed E-state index contributed by atoms with van der Waals surface area (Å²) in [6, 6.07) is 11.8. The number of pyridine rings is 2. The van der Waals surface area contributed by atoms with Crippen molar-refractivity contribution in [2.45, 2.75) is 37.5 Å².